The van der Waals surface area contributed by atoms with Gasteiger partial charge in [0.2, 0.25) is 0 Å². The topological polar surface area (TPSA) is 60.9 Å². The number of halogens is 3. The van der Waals surface area contributed by atoms with Gasteiger partial charge in [0.05, 0.1) is 17.0 Å². The summed E-state index contributed by atoms with van der Waals surface area (Å²) in [7, 11) is 0. The maximum Gasteiger partial charge on any atom is 0.417 e. The summed E-state index contributed by atoms with van der Waals surface area (Å²) in [6.45, 7) is 1.56. The minimum Gasteiger partial charge on any atom is -0.481 e. The van der Waals surface area contributed by atoms with Gasteiger partial charge in [-0.05, 0) is 25.0 Å². The lowest BCUT2D eigenvalue weighted by Crippen LogP contribution is -2.55. The van der Waals surface area contributed by atoms with Gasteiger partial charge in [-0.2, -0.15) is 13.2 Å². The monoisotopic (exact) mass is 384 g/mol. The summed E-state index contributed by atoms with van der Waals surface area (Å²) in [6.07, 6.45) is -1.24. The number of piperazine rings is 1. The van der Waals surface area contributed by atoms with E-state index in [2.05, 4.69) is 4.90 Å². The van der Waals surface area contributed by atoms with Crippen molar-refractivity contribution < 1.29 is 27.9 Å². The summed E-state index contributed by atoms with van der Waals surface area (Å²) >= 11 is 0. The third-order valence-corrected chi connectivity index (χ3v) is 5.58. The van der Waals surface area contributed by atoms with E-state index in [1.165, 1.54) is 23.1 Å². The summed E-state index contributed by atoms with van der Waals surface area (Å²) in [5, 5.41) is 9.44. The van der Waals surface area contributed by atoms with Crippen LogP contribution in [0.4, 0.5) is 13.2 Å². The summed E-state index contributed by atoms with van der Waals surface area (Å²) < 4.78 is 39.5. The van der Waals surface area contributed by atoms with Gasteiger partial charge in [0.15, 0.2) is 0 Å². The minimum atomic E-state index is -4.58. The van der Waals surface area contributed by atoms with Crippen LogP contribution in [0.1, 0.15) is 41.6 Å². The number of benzene rings is 1. The molecule has 2 aliphatic rings. The maximum atomic E-state index is 13.2. The molecule has 2 unspecified atom stereocenters. The zero-order valence-corrected chi connectivity index (χ0v) is 14.9. The lowest BCUT2D eigenvalue weighted by atomic mass is 9.83. The Morgan fingerprint density at radius 3 is 2.26 bits per heavy atom. The highest BCUT2D eigenvalue weighted by atomic mass is 19.4. The molecule has 1 aromatic carbocycles. The molecule has 1 saturated carbocycles. The molecular formula is C19H23F3N2O3. The Balaban J connectivity index is 1.68. The first-order valence-corrected chi connectivity index (χ1v) is 9.21. The molecule has 1 N–H and O–H groups in total. The van der Waals surface area contributed by atoms with Crippen molar-refractivity contribution in [2.24, 2.45) is 5.92 Å². The fourth-order valence-electron chi connectivity index (χ4n) is 4.18. The number of amides is 1. The van der Waals surface area contributed by atoms with Crippen LogP contribution in [0.5, 0.6) is 0 Å². The standard InChI is InChI=1S/C19H23F3N2O3/c20-19(21,22)15-7-3-1-5-13(15)17(25)24-11-9-23(10-12-24)16-8-4-2-6-14(16)18(26)27/h1,3,5,7,14,16H,2,4,6,8-12H2,(H,26,27). The molecule has 0 radical (unpaired) electrons. The van der Waals surface area contributed by atoms with Crippen molar-refractivity contribution in [2.45, 2.75) is 37.9 Å². The Hall–Kier alpha value is -2.09. The fourth-order valence-corrected chi connectivity index (χ4v) is 4.18. The van der Waals surface area contributed by atoms with Crippen molar-refractivity contribution in [1.82, 2.24) is 9.80 Å². The van der Waals surface area contributed by atoms with Gasteiger partial charge in [-0.15, -0.1) is 0 Å². The van der Waals surface area contributed by atoms with Crippen LogP contribution in [0, 0.1) is 5.92 Å². The Labute approximate surface area is 155 Å². The lowest BCUT2D eigenvalue weighted by molar-refractivity contribution is -0.146. The molecule has 0 bridgehead atoms. The number of hydrogen-bond acceptors (Lipinski definition) is 3. The van der Waals surface area contributed by atoms with Crippen molar-refractivity contribution in [3.05, 3.63) is 35.4 Å². The van der Waals surface area contributed by atoms with E-state index in [0.717, 1.165) is 25.3 Å². The number of carboxylic acids is 1. The molecule has 5 nitrogen and oxygen atoms in total. The van der Waals surface area contributed by atoms with Crippen LogP contribution in [-0.2, 0) is 11.0 Å². The fraction of sp³-hybridized carbons (Fsp3) is 0.579. The predicted octanol–water partition coefficient (Wildman–Crippen LogP) is 3.11. The predicted molar refractivity (Wildman–Crippen MR) is 92.3 cm³/mol. The highest BCUT2D eigenvalue weighted by Crippen LogP contribution is 2.33. The number of carboxylic acid groups (broad SMARTS) is 1. The quantitative estimate of drug-likeness (QED) is 0.870. The Morgan fingerprint density at radius 2 is 1.63 bits per heavy atom. The molecule has 1 aromatic rings. The van der Waals surface area contributed by atoms with Crippen LogP contribution >= 0.6 is 0 Å². The van der Waals surface area contributed by atoms with Gasteiger partial charge < -0.3 is 10.0 Å². The summed E-state index contributed by atoms with van der Waals surface area (Å²) in [5.74, 6) is -1.83. The second-order valence-corrected chi connectivity index (χ2v) is 7.17. The molecule has 148 valence electrons. The van der Waals surface area contributed by atoms with Crippen LogP contribution in [0.25, 0.3) is 0 Å². The smallest absolute Gasteiger partial charge is 0.417 e. The summed E-state index contributed by atoms with van der Waals surface area (Å²) in [4.78, 5) is 27.6. The number of rotatable bonds is 3. The molecule has 27 heavy (non-hydrogen) atoms. The number of alkyl halides is 3. The first-order chi connectivity index (χ1) is 12.8. The molecule has 2 fully saturated rings. The van der Waals surface area contributed by atoms with Gasteiger partial charge >= 0.3 is 12.1 Å². The zero-order chi connectivity index (χ0) is 19.6. The van der Waals surface area contributed by atoms with E-state index in [0.29, 0.717) is 32.6 Å². The van der Waals surface area contributed by atoms with Crippen molar-refractivity contribution in [3.63, 3.8) is 0 Å². The third kappa shape index (κ3) is 4.26. The van der Waals surface area contributed by atoms with E-state index in [1.807, 2.05) is 0 Å². The van der Waals surface area contributed by atoms with E-state index < -0.39 is 29.5 Å². The van der Waals surface area contributed by atoms with E-state index in [4.69, 9.17) is 0 Å². The zero-order valence-electron chi connectivity index (χ0n) is 14.9. The normalized spacial score (nSPS) is 24.6. The molecular weight excluding hydrogens is 361 g/mol. The van der Waals surface area contributed by atoms with E-state index in [9.17, 15) is 27.9 Å². The Morgan fingerprint density at radius 1 is 1.00 bits per heavy atom. The number of carbonyl (C=O) groups excluding carboxylic acids is 1. The van der Waals surface area contributed by atoms with E-state index in [1.54, 1.807) is 0 Å². The highest BCUT2D eigenvalue weighted by Gasteiger charge is 2.39. The Bertz CT molecular complexity index is 700. The summed E-state index contributed by atoms with van der Waals surface area (Å²) in [6, 6.07) is 4.77. The molecule has 1 amide bonds. The van der Waals surface area contributed by atoms with E-state index >= 15 is 0 Å². The minimum absolute atomic E-state index is 0.0593. The van der Waals surface area contributed by atoms with Crippen molar-refractivity contribution in [2.75, 3.05) is 26.2 Å². The molecule has 1 aliphatic heterocycles. The molecule has 0 spiro atoms. The van der Waals surface area contributed by atoms with Gasteiger partial charge in [-0.3, -0.25) is 14.5 Å². The van der Waals surface area contributed by atoms with Gasteiger partial charge in [0, 0.05) is 32.2 Å². The number of aliphatic carboxylic acids is 1. The van der Waals surface area contributed by atoms with E-state index in [-0.39, 0.29) is 11.6 Å². The van der Waals surface area contributed by atoms with Crippen LogP contribution in [0.2, 0.25) is 0 Å². The molecule has 0 aromatic heterocycles. The van der Waals surface area contributed by atoms with Crippen LogP contribution < -0.4 is 0 Å². The molecule has 1 heterocycles. The molecule has 1 aliphatic carbocycles. The molecule has 1 saturated heterocycles. The number of carbonyl (C=O) groups is 2. The van der Waals surface area contributed by atoms with Gasteiger partial charge in [0.25, 0.3) is 5.91 Å². The Kier molecular flexibility index (Phi) is 5.74. The van der Waals surface area contributed by atoms with Gasteiger partial charge in [0.1, 0.15) is 0 Å². The van der Waals surface area contributed by atoms with Gasteiger partial charge in [-0.25, -0.2) is 0 Å². The first-order valence-electron chi connectivity index (χ1n) is 9.21. The van der Waals surface area contributed by atoms with Gasteiger partial charge in [-0.1, -0.05) is 25.0 Å². The average Bonchev–Trinajstić information content (AvgIpc) is 2.67. The SMILES string of the molecule is O=C(O)C1CCCCC1N1CCN(C(=O)c2ccccc2C(F)(F)F)CC1. The maximum absolute atomic E-state index is 13.2. The van der Waals surface area contributed by atoms with Crippen LogP contribution in [0.15, 0.2) is 24.3 Å². The van der Waals surface area contributed by atoms with Crippen molar-refractivity contribution >= 4 is 11.9 Å². The van der Waals surface area contributed by atoms with Crippen molar-refractivity contribution in [3.8, 4) is 0 Å². The van der Waals surface area contributed by atoms with Crippen LogP contribution in [-0.4, -0.2) is 59.0 Å². The number of nitrogens with zero attached hydrogens (tertiary/aromatic N) is 2. The average molecular weight is 384 g/mol. The number of hydrogen-bond donors (Lipinski definition) is 1. The second kappa shape index (κ2) is 7.88. The van der Waals surface area contributed by atoms with Crippen molar-refractivity contribution in [1.29, 1.82) is 0 Å². The largest absolute Gasteiger partial charge is 0.481 e. The van der Waals surface area contributed by atoms with Crippen LogP contribution in [0.3, 0.4) is 0 Å². The molecule has 8 heteroatoms. The second-order valence-electron chi connectivity index (χ2n) is 7.17. The third-order valence-electron chi connectivity index (χ3n) is 5.58. The highest BCUT2D eigenvalue weighted by molar-refractivity contribution is 5.96. The molecule has 2 atom stereocenters. The molecule has 3 rings (SSSR count). The lowest BCUT2D eigenvalue weighted by Gasteiger charge is -2.43. The first kappa shape index (κ1) is 19.7. The summed E-state index contributed by atoms with van der Waals surface area (Å²) in [5.41, 5.74) is -1.25.